The minimum absolute atomic E-state index is 0.262. The van der Waals surface area contributed by atoms with E-state index in [1.807, 2.05) is 12.1 Å². The van der Waals surface area contributed by atoms with Crippen molar-refractivity contribution in [3.63, 3.8) is 0 Å². The average Bonchev–Trinajstić information content (AvgIpc) is 3.15. The fourth-order valence-corrected chi connectivity index (χ4v) is 2.34. The summed E-state index contributed by atoms with van der Waals surface area (Å²) in [5.74, 6) is 0.269. The van der Waals surface area contributed by atoms with Gasteiger partial charge < -0.3 is 15.1 Å². The van der Waals surface area contributed by atoms with Crippen LogP contribution in [0.3, 0.4) is 0 Å². The number of rotatable bonds is 7. The number of nitrogens with one attached hydrogen (secondary N) is 2. The number of hydrogen-bond acceptors (Lipinski definition) is 4. The maximum atomic E-state index is 13.5. The van der Waals surface area contributed by atoms with Crippen molar-refractivity contribution in [3.05, 3.63) is 83.8 Å². The summed E-state index contributed by atoms with van der Waals surface area (Å²) in [6.07, 6.45) is 3.64. The number of furan rings is 1. The smallest absolute Gasteiger partial charge is 0.269 e. The Labute approximate surface area is 144 Å². The molecule has 2 N–H and O–H groups in total. The van der Waals surface area contributed by atoms with Gasteiger partial charge in [-0.25, -0.2) is 9.37 Å². The first kappa shape index (κ1) is 16.7. The van der Waals surface area contributed by atoms with Gasteiger partial charge >= 0.3 is 0 Å². The van der Waals surface area contributed by atoms with Gasteiger partial charge in [-0.2, -0.15) is 0 Å². The van der Waals surface area contributed by atoms with Gasteiger partial charge in [-0.3, -0.25) is 4.79 Å². The van der Waals surface area contributed by atoms with E-state index < -0.39 is 0 Å². The summed E-state index contributed by atoms with van der Waals surface area (Å²) in [5.41, 5.74) is 1.68. The number of benzene rings is 1. The minimum atomic E-state index is -0.283. The van der Waals surface area contributed by atoms with E-state index in [2.05, 4.69) is 15.6 Å². The largest absolute Gasteiger partial charge is 0.467 e. The zero-order chi connectivity index (χ0) is 17.5. The quantitative estimate of drug-likeness (QED) is 0.692. The monoisotopic (exact) mass is 339 g/mol. The van der Waals surface area contributed by atoms with Crippen molar-refractivity contribution in [2.24, 2.45) is 0 Å². The van der Waals surface area contributed by atoms with Gasteiger partial charge in [-0.05, 0) is 42.3 Å². The zero-order valence-corrected chi connectivity index (χ0v) is 13.5. The van der Waals surface area contributed by atoms with E-state index in [9.17, 15) is 9.18 Å². The highest BCUT2D eigenvalue weighted by Crippen LogP contribution is 2.10. The molecule has 0 bridgehead atoms. The number of carbonyl (C=O) groups excluding carboxylic acids is 1. The van der Waals surface area contributed by atoms with Crippen LogP contribution in [0.15, 0.2) is 65.4 Å². The Morgan fingerprint density at radius 2 is 2.00 bits per heavy atom. The SMILES string of the molecule is O=C(NCCc1ccccc1F)c1ccc(NCc2ccco2)cn1. The second-order valence-corrected chi connectivity index (χ2v) is 5.46. The van der Waals surface area contributed by atoms with Crippen molar-refractivity contribution in [2.75, 3.05) is 11.9 Å². The Hall–Kier alpha value is -3.15. The van der Waals surface area contributed by atoms with Crippen molar-refractivity contribution >= 4 is 11.6 Å². The molecule has 2 aromatic heterocycles. The number of amides is 1. The summed E-state index contributed by atoms with van der Waals surface area (Å²) in [7, 11) is 0. The number of anilines is 1. The highest BCUT2D eigenvalue weighted by Gasteiger charge is 2.08. The molecular formula is C19H18FN3O2. The summed E-state index contributed by atoms with van der Waals surface area (Å²) in [5, 5.41) is 5.90. The summed E-state index contributed by atoms with van der Waals surface area (Å²) in [6.45, 7) is 0.892. The normalized spacial score (nSPS) is 10.4. The Balaban J connectivity index is 1.48. The van der Waals surface area contributed by atoms with Crippen LogP contribution in [0.1, 0.15) is 21.8 Å². The molecule has 3 rings (SSSR count). The van der Waals surface area contributed by atoms with Crippen LogP contribution in [-0.4, -0.2) is 17.4 Å². The van der Waals surface area contributed by atoms with E-state index in [0.29, 0.717) is 30.8 Å². The number of hydrogen-bond donors (Lipinski definition) is 2. The number of carbonyl (C=O) groups is 1. The van der Waals surface area contributed by atoms with Gasteiger partial charge in [0.2, 0.25) is 0 Å². The van der Waals surface area contributed by atoms with Crippen LogP contribution in [-0.2, 0) is 13.0 Å². The van der Waals surface area contributed by atoms with Gasteiger partial charge in [0.1, 0.15) is 17.3 Å². The first-order valence-electron chi connectivity index (χ1n) is 7.96. The molecule has 25 heavy (non-hydrogen) atoms. The molecule has 0 unspecified atom stereocenters. The molecule has 6 heteroatoms. The lowest BCUT2D eigenvalue weighted by molar-refractivity contribution is 0.0949. The van der Waals surface area contributed by atoms with E-state index in [1.54, 1.807) is 42.8 Å². The second kappa shape index (κ2) is 8.10. The lowest BCUT2D eigenvalue weighted by Gasteiger charge is -2.07. The second-order valence-electron chi connectivity index (χ2n) is 5.46. The number of pyridine rings is 1. The molecule has 128 valence electrons. The van der Waals surface area contributed by atoms with Gasteiger partial charge in [0, 0.05) is 6.54 Å². The topological polar surface area (TPSA) is 67.2 Å². The molecule has 1 amide bonds. The van der Waals surface area contributed by atoms with E-state index in [1.165, 1.54) is 6.07 Å². The number of aromatic nitrogens is 1. The Morgan fingerprint density at radius 1 is 1.12 bits per heavy atom. The molecule has 0 fully saturated rings. The Kier molecular flexibility index (Phi) is 5.41. The summed E-state index contributed by atoms with van der Waals surface area (Å²) in [4.78, 5) is 16.2. The first-order chi connectivity index (χ1) is 12.2. The van der Waals surface area contributed by atoms with Crippen LogP contribution in [0.4, 0.5) is 10.1 Å². The van der Waals surface area contributed by atoms with Crippen LogP contribution in [0.5, 0.6) is 0 Å². The van der Waals surface area contributed by atoms with Crippen LogP contribution in [0, 0.1) is 5.82 Å². The fraction of sp³-hybridized carbons (Fsp3) is 0.158. The predicted molar refractivity (Wildman–Crippen MR) is 92.7 cm³/mol. The molecule has 0 spiro atoms. The van der Waals surface area contributed by atoms with Crippen LogP contribution >= 0.6 is 0 Å². The van der Waals surface area contributed by atoms with Crippen LogP contribution in [0.25, 0.3) is 0 Å². The van der Waals surface area contributed by atoms with Gasteiger partial charge in [0.25, 0.3) is 5.91 Å². The maximum absolute atomic E-state index is 13.5. The van der Waals surface area contributed by atoms with E-state index in [4.69, 9.17) is 4.42 Å². The number of nitrogens with zero attached hydrogens (tertiary/aromatic N) is 1. The highest BCUT2D eigenvalue weighted by atomic mass is 19.1. The summed E-state index contributed by atoms with van der Waals surface area (Å²) >= 11 is 0. The molecule has 3 aromatic rings. The van der Waals surface area contributed by atoms with Gasteiger partial charge in [-0.15, -0.1) is 0 Å². The predicted octanol–water partition coefficient (Wildman–Crippen LogP) is 3.40. The van der Waals surface area contributed by atoms with Crippen molar-refractivity contribution in [3.8, 4) is 0 Å². The van der Waals surface area contributed by atoms with Crippen LogP contribution in [0.2, 0.25) is 0 Å². The van der Waals surface area contributed by atoms with Crippen molar-refractivity contribution < 1.29 is 13.6 Å². The third-order valence-corrected chi connectivity index (χ3v) is 3.68. The van der Waals surface area contributed by atoms with Crippen molar-refractivity contribution in [1.29, 1.82) is 0 Å². The maximum Gasteiger partial charge on any atom is 0.269 e. The lowest BCUT2D eigenvalue weighted by atomic mass is 10.1. The Bertz CT molecular complexity index is 817. The first-order valence-corrected chi connectivity index (χ1v) is 7.96. The summed E-state index contributed by atoms with van der Waals surface area (Å²) in [6, 6.07) is 13.7. The molecule has 1 aromatic carbocycles. The lowest BCUT2D eigenvalue weighted by Crippen LogP contribution is -2.26. The highest BCUT2D eigenvalue weighted by molar-refractivity contribution is 5.92. The molecule has 5 nitrogen and oxygen atoms in total. The summed E-state index contributed by atoms with van der Waals surface area (Å²) < 4.78 is 18.7. The van der Waals surface area contributed by atoms with Gasteiger partial charge in [0.05, 0.1) is 24.7 Å². The van der Waals surface area contributed by atoms with E-state index in [-0.39, 0.29) is 11.7 Å². The van der Waals surface area contributed by atoms with Gasteiger partial charge in [-0.1, -0.05) is 18.2 Å². The van der Waals surface area contributed by atoms with Crippen molar-refractivity contribution in [1.82, 2.24) is 10.3 Å². The molecular weight excluding hydrogens is 321 g/mol. The zero-order valence-electron chi connectivity index (χ0n) is 13.5. The third-order valence-electron chi connectivity index (χ3n) is 3.68. The third kappa shape index (κ3) is 4.67. The average molecular weight is 339 g/mol. The van der Waals surface area contributed by atoms with Crippen LogP contribution < -0.4 is 10.6 Å². The molecule has 0 aliphatic carbocycles. The fourth-order valence-electron chi connectivity index (χ4n) is 2.34. The van der Waals surface area contributed by atoms with E-state index in [0.717, 1.165) is 11.4 Å². The molecule has 0 aliphatic heterocycles. The molecule has 0 saturated carbocycles. The molecule has 0 aliphatic rings. The Morgan fingerprint density at radius 3 is 2.72 bits per heavy atom. The van der Waals surface area contributed by atoms with Gasteiger partial charge in [0.15, 0.2) is 0 Å². The van der Waals surface area contributed by atoms with Crippen molar-refractivity contribution in [2.45, 2.75) is 13.0 Å². The minimum Gasteiger partial charge on any atom is -0.467 e. The van der Waals surface area contributed by atoms with E-state index >= 15 is 0 Å². The number of halogens is 1. The molecule has 0 saturated heterocycles. The molecule has 0 radical (unpaired) electrons. The standard InChI is InChI=1S/C19H18FN3O2/c20-17-6-2-1-4-14(17)9-10-21-19(24)18-8-7-15(12-23-18)22-13-16-5-3-11-25-16/h1-8,11-12,22H,9-10,13H2,(H,21,24). The molecule has 0 atom stereocenters. The molecule has 2 heterocycles.